The van der Waals surface area contributed by atoms with Crippen LogP contribution in [0.2, 0.25) is 0 Å². The third kappa shape index (κ3) is 4.90. The molecule has 1 aliphatic rings. The predicted octanol–water partition coefficient (Wildman–Crippen LogP) is 3.20. The molecule has 0 aromatic rings. The molecule has 0 aromatic carbocycles. The summed E-state index contributed by atoms with van der Waals surface area (Å²) < 4.78 is 0. The van der Waals surface area contributed by atoms with Crippen molar-refractivity contribution in [3.8, 4) is 0 Å². The first-order valence-corrected chi connectivity index (χ1v) is 8.22. The maximum Gasteiger partial charge on any atom is 0.320 e. The van der Waals surface area contributed by atoms with Crippen molar-refractivity contribution in [2.45, 2.75) is 59.3 Å². The van der Waals surface area contributed by atoms with E-state index in [4.69, 9.17) is 0 Å². The lowest BCUT2D eigenvalue weighted by Crippen LogP contribution is -2.52. The van der Waals surface area contributed by atoms with Crippen molar-refractivity contribution in [1.29, 1.82) is 0 Å². The van der Waals surface area contributed by atoms with Gasteiger partial charge in [-0.15, -0.1) is 0 Å². The van der Waals surface area contributed by atoms with Crippen LogP contribution in [-0.2, 0) is 4.79 Å². The van der Waals surface area contributed by atoms with Crippen molar-refractivity contribution in [3.05, 3.63) is 0 Å². The van der Waals surface area contributed by atoms with E-state index in [1.54, 1.807) is 11.8 Å². The van der Waals surface area contributed by atoms with E-state index in [2.05, 4.69) is 13.8 Å². The molecule has 21 heavy (non-hydrogen) atoms. The molecule has 122 valence electrons. The number of carbonyl (C=O) groups is 2. The Hall–Kier alpha value is -1.26. The van der Waals surface area contributed by atoms with E-state index in [1.807, 2.05) is 4.90 Å². The first-order valence-electron chi connectivity index (χ1n) is 8.22. The molecule has 1 rings (SSSR count). The Morgan fingerprint density at radius 1 is 1.19 bits per heavy atom. The van der Waals surface area contributed by atoms with E-state index in [9.17, 15) is 14.7 Å². The van der Waals surface area contributed by atoms with E-state index in [-0.39, 0.29) is 6.03 Å². The number of piperidine rings is 1. The number of hydrogen-bond donors (Lipinski definition) is 1. The minimum atomic E-state index is -0.798. The van der Waals surface area contributed by atoms with Crippen LogP contribution in [0, 0.1) is 5.41 Å². The fourth-order valence-electron chi connectivity index (χ4n) is 2.78. The van der Waals surface area contributed by atoms with Crippen LogP contribution < -0.4 is 0 Å². The van der Waals surface area contributed by atoms with Crippen molar-refractivity contribution in [1.82, 2.24) is 9.80 Å². The van der Waals surface area contributed by atoms with Crippen molar-refractivity contribution >= 4 is 12.0 Å². The molecular weight excluding hydrogens is 268 g/mol. The molecule has 2 amide bonds. The summed E-state index contributed by atoms with van der Waals surface area (Å²) in [5.74, 6) is -0.798. The minimum absolute atomic E-state index is 0.0177. The molecule has 0 saturated carbocycles. The van der Waals surface area contributed by atoms with Gasteiger partial charge in [-0.3, -0.25) is 4.79 Å². The number of rotatable bonds is 7. The normalized spacial score (nSPS) is 22.1. The van der Waals surface area contributed by atoms with Gasteiger partial charge in [0.25, 0.3) is 0 Å². The third-order valence-corrected chi connectivity index (χ3v) is 4.32. The Bertz CT molecular complexity index is 351. The molecule has 0 radical (unpaired) electrons. The molecular formula is C16H30N2O3. The van der Waals surface area contributed by atoms with Crippen LogP contribution in [0.15, 0.2) is 0 Å². The van der Waals surface area contributed by atoms with Gasteiger partial charge in [0, 0.05) is 26.2 Å². The molecule has 1 saturated heterocycles. The van der Waals surface area contributed by atoms with Crippen LogP contribution in [0.5, 0.6) is 0 Å². The highest BCUT2D eigenvalue weighted by molar-refractivity contribution is 5.78. The zero-order valence-electron chi connectivity index (χ0n) is 13.7. The number of carboxylic acids is 1. The van der Waals surface area contributed by atoms with Gasteiger partial charge in [0.2, 0.25) is 0 Å². The van der Waals surface area contributed by atoms with Gasteiger partial charge in [-0.2, -0.15) is 0 Å². The summed E-state index contributed by atoms with van der Waals surface area (Å²) in [6.07, 6.45) is 5.53. The van der Waals surface area contributed by atoms with E-state index >= 15 is 0 Å². The number of urea groups is 1. The van der Waals surface area contributed by atoms with Gasteiger partial charge in [0.05, 0.1) is 5.41 Å². The van der Waals surface area contributed by atoms with Gasteiger partial charge < -0.3 is 14.9 Å². The SMILES string of the molecule is CCCCN(CCCC)C(=O)N1CCCC(C)(C(=O)O)C1. The standard InChI is InChI=1S/C16H30N2O3/c1-4-6-10-17(11-7-5-2)15(21)18-12-8-9-16(3,13-18)14(19)20/h4-13H2,1-3H3,(H,19,20). The number of amides is 2. The van der Waals surface area contributed by atoms with Crippen molar-refractivity contribution in [3.63, 3.8) is 0 Å². The van der Waals surface area contributed by atoms with Gasteiger partial charge in [0.1, 0.15) is 0 Å². The van der Waals surface area contributed by atoms with Gasteiger partial charge in [-0.05, 0) is 32.6 Å². The molecule has 1 unspecified atom stereocenters. The Labute approximate surface area is 128 Å². The molecule has 1 atom stereocenters. The molecule has 0 spiro atoms. The zero-order valence-corrected chi connectivity index (χ0v) is 13.7. The van der Waals surface area contributed by atoms with Crippen LogP contribution in [0.4, 0.5) is 4.79 Å². The lowest BCUT2D eigenvalue weighted by atomic mass is 9.82. The lowest BCUT2D eigenvalue weighted by molar-refractivity contribution is -0.150. The first kappa shape index (κ1) is 17.8. The zero-order chi connectivity index (χ0) is 15.9. The second-order valence-electron chi connectivity index (χ2n) is 6.37. The average Bonchev–Trinajstić information content (AvgIpc) is 2.46. The summed E-state index contributed by atoms with van der Waals surface area (Å²) in [6, 6.07) is 0.0177. The number of nitrogens with zero attached hydrogens (tertiary/aromatic N) is 2. The highest BCUT2D eigenvalue weighted by Crippen LogP contribution is 2.30. The summed E-state index contributed by atoms with van der Waals surface area (Å²) in [4.78, 5) is 27.7. The average molecular weight is 298 g/mol. The fraction of sp³-hybridized carbons (Fsp3) is 0.875. The van der Waals surface area contributed by atoms with Crippen LogP contribution >= 0.6 is 0 Å². The molecule has 5 heteroatoms. The van der Waals surface area contributed by atoms with E-state index < -0.39 is 11.4 Å². The van der Waals surface area contributed by atoms with Crippen molar-refractivity contribution in [2.75, 3.05) is 26.2 Å². The van der Waals surface area contributed by atoms with Gasteiger partial charge in [-0.25, -0.2) is 4.79 Å². The molecule has 1 fully saturated rings. The molecule has 1 N–H and O–H groups in total. The van der Waals surface area contributed by atoms with E-state index in [0.29, 0.717) is 19.5 Å². The monoisotopic (exact) mass is 298 g/mol. The second kappa shape index (κ2) is 8.25. The molecule has 1 aliphatic heterocycles. The first-order chi connectivity index (χ1) is 9.94. The summed E-state index contributed by atoms with van der Waals surface area (Å²) in [6.45, 7) is 8.53. The molecule has 5 nitrogen and oxygen atoms in total. The maximum atomic E-state index is 12.7. The molecule has 0 aromatic heterocycles. The number of unbranched alkanes of at least 4 members (excludes halogenated alkanes) is 2. The lowest BCUT2D eigenvalue weighted by Gasteiger charge is -2.40. The van der Waals surface area contributed by atoms with E-state index in [1.165, 1.54) is 0 Å². The van der Waals surface area contributed by atoms with Gasteiger partial charge >= 0.3 is 12.0 Å². The highest BCUT2D eigenvalue weighted by Gasteiger charge is 2.40. The van der Waals surface area contributed by atoms with Crippen LogP contribution in [0.3, 0.4) is 0 Å². The molecule has 0 bridgehead atoms. The fourth-order valence-corrected chi connectivity index (χ4v) is 2.78. The Morgan fingerprint density at radius 3 is 2.24 bits per heavy atom. The number of aliphatic carboxylic acids is 1. The highest BCUT2D eigenvalue weighted by atomic mass is 16.4. The summed E-state index contributed by atoms with van der Waals surface area (Å²) in [7, 11) is 0. The largest absolute Gasteiger partial charge is 0.481 e. The van der Waals surface area contributed by atoms with Gasteiger partial charge in [0.15, 0.2) is 0 Å². The van der Waals surface area contributed by atoms with Crippen LogP contribution in [-0.4, -0.2) is 53.1 Å². The Balaban J connectivity index is 2.70. The van der Waals surface area contributed by atoms with Crippen LogP contribution in [0.1, 0.15) is 59.3 Å². The smallest absolute Gasteiger partial charge is 0.320 e. The van der Waals surface area contributed by atoms with Crippen molar-refractivity contribution in [2.24, 2.45) is 5.41 Å². The number of likely N-dealkylation sites (tertiary alicyclic amines) is 1. The van der Waals surface area contributed by atoms with Crippen molar-refractivity contribution < 1.29 is 14.7 Å². The number of carboxylic acid groups (broad SMARTS) is 1. The number of hydrogen-bond acceptors (Lipinski definition) is 2. The minimum Gasteiger partial charge on any atom is -0.481 e. The summed E-state index contributed by atoms with van der Waals surface area (Å²) >= 11 is 0. The van der Waals surface area contributed by atoms with Crippen LogP contribution in [0.25, 0.3) is 0 Å². The Kier molecular flexibility index (Phi) is 6.99. The molecule has 0 aliphatic carbocycles. The van der Waals surface area contributed by atoms with E-state index in [0.717, 1.165) is 45.2 Å². The summed E-state index contributed by atoms with van der Waals surface area (Å²) in [5.41, 5.74) is -0.797. The summed E-state index contributed by atoms with van der Waals surface area (Å²) in [5, 5.41) is 9.37. The third-order valence-electron chi connectivity index (χ3n) is 4.32. The quantitative estimate of drug-likeness (QED) is 0.785. The predicted molar refractivity (Wildman–Crippen MR) is 83.3 cm³/mol. The number of carbonyl (C=O) groups excluding carboxylic acids is 1. The van der Waals surface area contributed by atoms with Gasteiger partial charge in [-0.1, -0.05) is 26.7 Å². The molecule has 1 heterocycles. The topological polar surface area (TPSA) is 60.9 Å². The second-order valence-corrected chi connectivity index (χ2v) is 6.37. The Morgan fingerprint density at radius 2 is 1.76 bits per heavy atom. The maximum absolute atomic E-state index is 12.7.